The van der Waals surface area contributed by atoms with Crippen molar-refractivity contribution in [2.45, 2.75) is 26.7 Å². The highest BCUT2D eigenvalue weighted by atomic mass is 16.2. The summed E-state index contributed by atoms with van der Waals surface area (Å²) in [7, 11) is 0. The van der Waals surface area contributed by atoms with E-state index in [0.29, 0.717) is 13.0 Å². The maximum Gasteiger partial charge on any atom is 0.236 e. The summed E-state index contributed by atoms with van der Waals surface area (Å²) in [5.74, 6) is 5.51. The van der Waals surface area contributed by atoms with Gasteiger partial charge in [0.15, 0.2) is 0 Å². The molecule has 1 saturated heterocycles. The van der Waals surface area contributed by atoms with E-state index in [0.717, 1.165) is 6.42 Å². The van der Waals surface area contributed by atoms with Crippen molar-refractivity contribution in [2.75, 3.05) is 6.54 Å². The van der Waals surface area contributed by atoms with Crippen molar-refractivity contribution < 1.29 is 4.79 Å². The standard InChI is InChI=1S/C7H14N2O/c1-7(2)4-3-6(10)9(8)5-7/h3-5,8H2,1-2H3. The van der Waals surface area contributed by atoms with E-state index in [9.17, 15) is 4.79 Å². The van der Waals surface area contributed by atoms with Gasteiger partial charge in [0.1, 0.15) is 0 Å². The second kappa shape index (κ2) is 2.23. The number of rotatable bonds is 0. The van der Waals surface area contributed by atoms with Gasteiger partial charge in [-0.2, -0.15) is 0 Å². The first-order chi connectivity index (χ1) is 4.51. The molecular weight excluding hydrogens is 128 g/mol. The van der Waals surface area contributed by atoms with Gasteiger partial charge >= 0.3 is 0 Å². The van der Waals surface area contributed by atoms with Crippen molar-refractivity contribution in [1.29, 1.82) is 0 Å². The van der Waals surface area contributed by atoms with Crippen LogP contribution in [0.5, 0.6) is 0 Å². The van der Waals surface area contributed by atoms with E-state index in [1.807, 2.05) is 0 Å². The summed E-state index contributed by atoms with van der Waals surface area (Å²) < 4.78 is 0. The molecule has 0 aromatic rings. The van der Waals surface area contributed by atoms with Crippen molar-refractivity contribution in [3.05, 3.63) is 0 Å². The van der Waals surface area contributed by atoms with Crippen molar-refractivity contribution in [2.24, 2.45) is 11.3 Å². The molecule has 3 nitrogen and oxygen atoms in total. The molecule has 10 heavy (non-hydrogen) atoms. The SMILES string of the molecule is CC1(C)CCC(=O)N(N)C1. The van der Waals surface area contributed by atoms with Gasteiger partial charge in [-0.3, -0.25) is 9.80 Å². The third kappa shape index (κ3) is 1.48. The quantitative estimate of drug-likeness (QED) is 0.395. The lowest BCUT2D eigenvalue weighted by Gasteiger charge is -2.34. The number of carbonyl (C=O) groups is 1. The minimum Gasteiger partial charge on any atom is -0.280 e. The fourth-order valence-corrected chi connectivity index (χ4v) is 1.22. The predicted octanol–water partition coefficient (Wildman–Crippen LogP) is 0.509. The minimum absolute atomic E-state index is 0.0688. The largest absolute Gasteiger partial charge is 0.280 e. The van der Waals surface area contributed by atoms with Crippen molar-refractivity contribution >= 4 is 5.91 Å². The van der Waals surface area contributed by atoms with Gasteiger partial charge in [0, 0.05) is 13.0 Å². The fraction of sp³-hybridized carbons (Fsp3) is 0.857. The highest BCUT2D eigenvalue weighted by Gasteiger charge is 2.29. The van der Waals surface area contributed by atoms with Crippen LogP contribution in [0, 0.1) is 5.41 Å². The molecule has 58 valence electrons. The summed E-state index contributed by atoms with van der Waals surface area (Å²) in [6, 6.07) is 0. The van der Waals surface area contributed by atoms with E-state index in [-0.39, 0.29) is 11.3 Å². The number of hydrogen-bond acceptors (Lipinski definition) is 2. The minimum atomic E-state index is 0.0688. The summed E-state index contributed by atoms with van der Waals surface area (Å²) in [6.45, 7) is 4.93. The van der Waals surface area contributed by atoms with Crippen LogP contribution in [0.25, 0.3) is 0 Å². The molecule has 0 bridgehead atoms. The number of nitrogens with zero attached hydrogens (tertiary/aromatic N) is 1. The highest BCUT2D eigenvalue weighted by Crippen LogP contribution is 2.27. The Hall–Kier alpha value is -0.570. The number of piperidine rings is 1. The van der Waals surface area contributed by atoms with E-state index in [1.165, 1.54) is 5.01 Å². The smallest absolute Gasteiger partial charge is 0.236 e. The van der Waals surface area contributed by atoms with E-state index in [1.54, 1.807) is 0 Å². The number of carbonyl (C=O) groups excluding carboxylic acids is 1. The molecule has 1 aliphatic rings. The Morgan fingerprint density at radius 3 is 2.60 bits per heavy atom. The Labute approximate surface area is 61.2 Å². The first kappa shape index (κ1) is 7.54. The summed E-state index contributed by atoms with van der Waals surface area (Å²) >= 11 is 0. The van der Waals surface area contributed by atoms with Gasteiger partial charge < -0.3 is 0 Å². The first-order valence-corrected chi connectivity index (χ1v) is 3.56. The van der Waals surface area contributed by atoms with Gasteiger partial charge in [0.25, 0.3) is 0 Å². The van der Waals surface area contributed by atoms with Crippen molar-refractivity contribution in [3.8, 4) is 0 Å². The molecule has 0 aliphatic carbocycles. The normalized spacial score (nSPS) is 25.1. The van der Waals surface area contributed by atoms with E-state index < -0.39 is 0 Å². The maximum atomic E-state index is 10.9. The van der Waals surface area contributed by atoms with E-state index >= 15 is 0 Å². The van der Waals surface area contributed by atoms with Crippen LogP contribution in [0.1, 0.15) is 26.7 Å². The Kier molecular flexibility index (Phi) is 1.68. The van der Waals surface area contributed by atoms with Crippen LogP contribution in [-0.2, 0) is 4.79 Å². The average molecular weight is 142 g/mol. The highest BCUT2D eigenvalue weighted by molar-refractivity contribution is 5.76. The number of hydrogen-bond donors (Lipinski definition) is 1. The Balaban J connectivity index is 2.57. The molecule has 0 spiro atoms. The van der Waals surface area contributed by atoms with Gasteiger partial charge in [-0.15, -0.1) is 0 Å². The fourth-order valence-electron chi connectivity index (χ4n) is 1.22. The molecule has 0 aromatic heterocycles. The van der Waals surface area contributed by atoms with Crippen LogP contribution >= 0.6 is 0 Å². The topological polar surface area (TPSA) is 46.3 Å². The molecule has 1 rings (SSSR count). The second-order valence-corrected chi connectivity index (χ2v) is 3.69. The van der Waals surface area contributed by atoms with Gasteiger partial charge in [0.2, 0.25) is 5.91 Å². The van der Waals surface area contributed by atoms with Gasteiger partial charge in [0.05, 0.1) is 0 Å². The van der Waals surface area contributed by atoms with E-state index in [2.05, 4.69) is 13.8 Å². The molecular formula is C7H14N2O. The van der Waals surface area contributed by atoms with Crippen molar-refractivity contribution in [1.82, 2.24) is 5.01 Å². The molecule has 2 N–H and O–H groups in total. The molecule has 0 saturated carbocycles. The monoisotopic (exact) mass is 142 g/mol. The second-order valence-electron chi connectivity index (χ2n) is 3.69. The van der Waals surface area contributed by atoms with Gasteiger partial charge in [-0.1, -0.05) is 13.8 Å². The molecule has 1 heterocycles. The van der Waals surface area contributed by atoms with Crippen LogP contribution in [-0.4, -0.2) is 17.5 Å². The molecule has 3 heteroatoms. The maximum absolute atomic E-state index is 10.9. The zero-order chi connectivity index (χ0) is 7.78. The lowest BCUT2D eigenvalue weighted by molar-refractivity contribution is -0.137. The summed E-state index contributed by atoms with van der Waals surface area (Å²) in [6.07, 6.45) is 1.56. The summed E-state index contributed by atoms with van der Waals surface area (Å²) in [5.41, 5.74) is 0.211. The van der Waals surface area contributed by atoms with Crippen LogP contribution in [0.4, 0.5) is 0 Å². The average Bonchev–Trinajstić information content (AvgIpc) is 1.79. The van der Waals surface area contributed by atoms with Crippen LogP contribution in [0.3, 0.4) is 0 Å². The molecule has 1 aliphatic heterocycles. The van der Waals surface area contributed by atoms with Crippen LogP contribution < -0.4 is 5.84 Å². The molecule has 0 aromatic carbocycles. The third-order valence-corrected chi connectivity index (χ3v) is 1.93. The molecule has 1 amide bonds. The lowest BCUT2D eigenvalue weighted by Crippen LogP contribution is -2.47. The number of hydrazine groups is 1. The van der Waals surface area contributed by atoms with Crippen molar-refractivity contribution in [3.63, 3.8) is 0 Å². The lowest BCUT2D eigenvalue weighted by atomic mass is 9.85. The van der Waals surface area contributed by atoms with Gasteiger partial charge in [-0.05, 0) is 11.8 Å². The molecule has 1 fully saturated rings. The van der Waals surface area contributed by atoms with Crippen LogP contribution in [0.15, 0.2) is 0 Å². The molecule has 0 atom stereocenters. The van der Waals surface area contributed by atoms with E-state index in [4.69, 9.17) is 5.84 Å². The Morgan fingerprint density at radius 1 is 1.60 bits per heavy atom. The zero-order valence-electron chi connectivity index (χ0n) is 6.55. The Morgan fingerprint density at radius 2 is 2.20 bits per heavy atom. The number of amides is 1. The summed E-state index contributed by atoms with van der Waals surface area (Å²) in [4.78, 5) is 10.9. The summed E-state index contributed by atoms with van der Waals surface area (Å²) in [5, 5.41) is 1.32. The first-order valence-electron chi connectivity index (χ1n) is 3.56. The Bertz CT molecular complexity index is 154. The molecule has 0 radical (unpaired) electrons. The van der Waals surface area contributed by atoms with Gasteiger partial charge in [-0.25, -0.2) is 5.84 Å². The number of nitrogens with two attached hydrogens (primary N) is 1. The predicted molar refractivity (Wildman–Crippen MR) is 38.9 cm³/mol. The zero-order valence-corrected chi connectivity index (χ0v) is 6.55. The molecule has 0 unspecified atom stereocenters. The third-order valence-electron chi connectivity index (χ3n) is 1.93. The van der Waals surface area contributed by atoms with Crippen LogP contribution in [0.2, 0.25) is 0 Å².